The molecule has 2 aliphatic rings. The summed E-state index contributed by atoms with van der Waals surface area (Å²) in [5.41, 5.74) is 0. The minimum absolute atomic E-state index is 0.186. The molecule has 0 aromatic carbocycles. The van der Waals surface area contributed by atoms with E-state index >= 15 is 0 Å². The molecule has 5 heteroatoms. The van der Waals surface area contributed by atoms with E-state index in [1.165, 1.54) is 32.1 Å². The van der Waals surface area contributed by atoms with Gasteiger partial charge in [-0.3, -0.25) is 4.90 Å². The van der Waals surface area contributed by atoms with Gasteiger partial charge in [0.2, 0.25) is 11.8 Å². The second kappa shape index (κ2) is 6.22. The first-order chi connectivity index (χ1) is 9.74. The molecule has 1 aromatic heterocycles. The van der Waals surface area contributed by atoms with Crippen molar-refractivity contribution in [1.82, 2.24) is 15.1 Å². The summed E-state index contributed by atoms with van der Waals surface area (Å²) in [6.07, 6.45) is 7.16. The van der Waals surface area contributed by atoms with E-state index in [9.17, 15) is 0 Å². The topological polar surface area (TPSA) is 51.4 Å². The fourth-order valence-electron chi connectivity index (χ4n) is 3.48. The quantitative estimate of drug-likeness (QED) is 0.851. The third-order valence-corrected chi connectivity index (χ3v) is 4.75. The second-order valence-electron chi connectivity index (χ2n) is 6.14. The number of rotatable bonds is 3. The van der Waals surface area contributed by atoms with Gasteiger partial charge in [-0.25, -0.2) is 0 Å². The number of aryl methyl sites for hydroxylation is 1. The van der Waals surface area contributed by atoms with Gasteiger partial charge in [0.1, 0.15) is 0 Å². The molecule has 0 N–H and O–H groups in total. The number of morpholine rings is 1. The van der Waals surface area contributed by atoms with Gasteiger partial charge in [0.15, 0.2) is 0 Å². The lowest BCUT2D eigenvalue weighted by Gasteiger charge is -2.40. The fourth-order valence-corrected chi connectivity index (χ4v) is 3.48. The predicted octanol–water partition coefficient (Wildman–Crippen LogP) is 2.72. The zero-order valence-electron chi connectivity index (χ0n) is 12.5. The molecular formula is C15H25N3O2. The van der Waals surface area contributed by atoms with Gasteiger partial charge in [0, 0.05) is 20.0 Å². The van der Waals surface area contributed by atoms with Gasteiger partial charge in [0.05, 0.1) is 18.8 Å². The van der Waals surface area contributed by atoms with Crippen molar-refractivity contribution in [3.63, 3.8) is 0 Å². The Hall–Kier alpha value is -0.940. The van der Waals surface area contributed by atoms with Gasteiger partial charge in [-0.1, -0.05) is 19.3 Å². The maximum Gasteiger partial charge on any atom is 0.233 e. The number of aromatic nitrogens is 2. The summed E-state index contributed by atoms with van der Waals surface area (Å²) in [6, 6.07) is 0.186. The van der Waals surface area contributed by atoms with Crippen molar-refractivity contribution in [1.29, 1.82) is 0 Å². The van der Waals surface area contributed by atoms with Crippen molar-refractivity contribution in [2.24, 2.45) is 5.92 Å². The minimum Gasteiger partial charge on any atom is -0.424 e. The molecular weight excluding hydrogens is 254 g/mol. The molecule has 112 valence electrons. The number of hydrogen-bond acceptors (Lipinski definition) is 5. The van der Waals surface area contributed by atoms with Gasteiger partial charge < -0.3 is 9.15 Å². The first kappa shape index (κ1) is 14.0. The molecule has 5 nitrogen and oxygen atoms in total. The van der Waals surface area contributed by atoms with Crippen molar-refractivity contribution in [2.75, 3.05) is 19.7 Å². The molecule has 0 radical (unpaired) electrons. The number of hydrogen-bond donors (Lipinski definition) is 0. The largest absolute Gasteiger partial charge is 0.424 e. The zero-order chi connectivity index (χ0) is 13.9. The zero-order valence-corrected chi connectivity index (χ0v) is 12.5. The molecule has 0 unspecified atom stereocenters. The third-order valence-electron chi connectivity index (χ3n) is 4.75. The number of nitrogens with zero attached hydrogens (tertiary/aromatic N) is 3. The van der Waals surface area contributed by atoms with Crippen molar-refractivity contribution < 1.29 is 9.15 Å². The summed E-state index contributed by atoms with van der Waals surface area (Å²) >= 11 is 0. The molecule has 3 rings (SSSR count). The summed E-state index contributed by atoms with van der Waals surface area (Å²) in [5, 5.41) is 8.10. The second-order valence-corrected chi connectivity index (χ2v) is 6.14. The summed E-state index contributed by atoms with van der Waals surface area (Å²) in [6.45, 7) is 6.75. The maximum atomic E-state index is 6.03. The van der Waals surface area contributed by atoms with Crippen LogP contribution in [0.15, 0.2) is 4.42 Å². The standard InChI is InChI=1S/C15H25N3O2/c1-11(15-17-16-12(2)20-15)18-8-9-19-14(10-18)13-6-4-3-5-7-13/h11,13-14H,3-10H2,1-2H3/t11-,14+/m1/s1. The maximum absolute atomic E-state index is 6.03. The average Bonchev–Trinajstić information content (AvgIpc) is 2.94. The Kier molecular flexibility index (Phi) is 4.36. The molecule has 0 bridgehead atoms. The van der Waals surface area contributed by atoms with E-state index < -0.39 is 0 Å². The third kappa shape index (κ3) is 3.04. The molecule has 0 amide bonds. The first-order valence-corrected chi connectivity index (χ1v) is 7.89. The lowest BCUT2D eigenvalue weighted by molar-refractivity contribution is -0.0772. The summed E-state index contributed by atoms with van der Waals surface area (Å²) in [4.78, 5) is 2.43. The van der Waals surface area contributed by atoms with Crippen LogP contribution in [0.3, 0.4) is 0 Å². The van der Waals surface area contributed by atoms with Gasteiger partial charge in [-0.2, -0.15) is 0 Å². The monoisotopic (exact) mass is 279 g/mol. The molecule has 1 saturated heterocycles. The van der Waals surface area contributed by atoms with Crippen LogP contribution in [-0.4, -0.2) is 40.9 Å². The van der Waals surface area contributed by atoms with Crippen LogP contribution in [0.1, 0.15) is 56.9 Å². The van der Waals surface area contributed by atoms with Crippen LogP contribution >= 0.6 is 0 Å². The normalized spacial score (nSPS) is 27.6. The molecule has 1 saturated carbocycles. The van der Waals surface area contributed by atoms with Crippen LogP contribution in [0.5, 0.6) is 0 Å². The van der Waals surface area contributed by atoms with Crippen LogP contribution in [0, 0.1) is 12.8 Å². The van der Waals surface area contributed by atoms with Gasteiger partial charge in [-0.05, 0) is 25.7 Å². The molecule has 2 heterocycles. The van der Waals surface area contributed by atoms with Gasteiger partial charge in [-0.15, -0.1) is 10.2 Å². The molecule has 2 atom stereocenters. The highest BCUT2D eigenvalue weighted by Gasteiger charge is 2.32. The Morgan fingerprint density at radius 3 is 2.70 bits per heavy atom. The van der Waals surface area contributed by atoms with E-state index in [1.807, 2.05) is 6.92 Å². The Balaban J connectivity index is 1.62. The molecule has 0 spiro atoms. The minimum atomic E-state index is 0.186. The van der Waals surface area contributed by atoms with E-state index in [2.05, 4.69) is 22.0 Å². The van der Waals surface area contributed by atoms with Crippen molar-refractivity contribution in [3.8, 4) is 0 Å². The highest BCUT2D eigenvalue weighted by molar-refractivity contribution is 4.91. The van der Waals surface area contributed by atoms with Gasteiger partial charge >= 0.3 is 0 Å². The highest BCUT2D eigenvalue weighted by Crippen LogP contribution is 2.31. The molecule has 20 heavy (non-hydrogen) atoms. The smallest absolute Gasteiger partial charge is 0.233 e. The van der Waals surface area contributed by atoms with E-state index in [-0.39, 0.29) is 6.04 Å². The Morgan fingerprint density at radius 2 is 2.00 bits per heavy atom. The summed E-state index contributed by atoms with van der Waals surface area (Å²) in [5.74, 6) is 2.11. The lowest BCUT2D eigenvalue weighted by Crippen LogP contribution is -2.47. The van der Waals surface area contributed by atoms with Crippen LogP contribution in [-0.2, 0) is 4.74 Å². The Labute approximate surface area is 120 Å². The van der Waals surface area contributed by atoms with E-state index in [0.717, 1.165) is 31.5 Å². The molecule has 1 aliphatic heterocycles. The van der Waals surface area contributed by atoms with Crippen molar-refractivity contribution in [2.45, 2.75) is 58.1 Å². The summed E-state index contributed by atoms with van der Waals surface area (Å²) < 4.78 is 11.6. The van der Waals surface area contributed by atoms with Crippen molar-refractivity contribution >= 4 is 0 Å². The SMILES string of the molecule is Cc1nnc([C@@H](C)N2CCO[C@H](C3CCCCC3)C2)o1. The van der Waals surface area contributed by atoms with E-state index in [0.29, 0.717) is 12.0 Å². The highest BCUT2D eigenvalue weighted by atomic mass is 16.5. The van der Waals surface area contributed by atoms with Crippen LogP contribution in [0.4, 0.5) is 0 Å². The molecule has 1 aromatic rings. The Bertz CT molecular complexity index is 429. The summed E-state index contributed by atoms with van der Waals surface area (Å²) in [7, 11) is 0. The van der Waals surface area contributed by atoms with E-state index in [4.69, 9.17) is 9.15 Å². The molecule has 1 aliphatic carbocycles. The predicted molar refractivity (Wildman–Crippen MR) is 75.3 cm³/mol. The van der Waals surface area contributed by atoms with Crippen molar-refractivity contribution in [3.05, 3.63) is 11.8 Å². The molecule has 2 fully saturated rings. The number of ether oxygens (including phenoxy) is 1. The van der Waals surface area contributed by atoms with Crippen LogP contribution < -0.4 is 0 Å². The Morgan fingerprint density at radius 1 is 1.20 bits per heavy atom. The first-order valence-electron chi connectivity index (χ1n) is 7.89. The van der Waals surface area contributed by atoms with Crippen LogP contribution in [0.25, 0.3) is 0 Å². The van der Waals surface area contributed by atoms with Gasteiger partial charge in [0.25, 0.3) is 0 Å². The fraction of sp³-hybridized carbons (Fsp3) is 0.867. The average molecular weight is 279 g/mol. The van der Waals surface area contributed by atoms with Crippen LogP contribution in [0.2, 0.25) is 0 Å². The van der Waals surface area contributed by atoms with E-state index in [1.54, 1.807) is 0 Å². The lowest BCUT2D eigenvalue weighted by atomic mass is 9.84.